The summed E-state index contributed by atoms with van der Waals surface area (Å²) in [7, 11) is 0. The molecule has 4 unspecified atom stereocenters. The molecular formula is C37H66O9. The van der Waals surface area contributed by atoms with Crippen molar-refractivity contribution < 1.29 is 43.0 Å². The molecule has 7 atom stereocenters. The molecule has 9 nitrogen and oxygen atoms in total. The van der Waals surface area contributed by atoms with E-state index in [9.17, 15) is 5.11 Å². The number of benzene rings is 1. The van der Waals surface area contributed by atoms with E-state index in [0.29, 0.717) is 46.2 Å². The number of unbranched alkanes of at least 4 members (excludes halogenated alkanes) is 5. The van der Waals surface area contributed by atoms with Crippen molar-refractivity contribution in [2.24, 2.45) is 0 Å². The SMILES string of the molecule is CCCCOC[C@H]1O[C@@H](OCC(OCCCC)C(OCCCC)C(CO)OCCCC)[C@@H](OCCCC)C1OCc1ccccc1. The van der Waals surface area contributed by atoms with Crippen LogP contribution in [-0.4, -0.2) is 101 Å². The average Bonchev–Trinajstić information content (AvgIpc) is 3.41. The number of hydrogen-bond donors (Lipinski definition) is 1. The number of ether oxygens (including phenoxy) is 8. The molecule has 1 aromatic carbocycles. The van der Waals surface area contributed by atoms with Crippen molar-refractivity contribution in [3.8, 4) is 0 Å². The number of hydrogen-bond acceptors (Lipinski definition) is 9. The van der Waals surface area contributed by atoms with Gasteiger partial charge in [-0.25, -0.2) is 0 Å². The molecule has 1 aliphatic heterocycles. The Balaban J connectivity index is 2.27. The fourth-order valence-electron chi connectivity index (χ4n) is 5.17. The maximum Gasteiger partial charge on any atom is 0.187 e. The number of aliphatic hydroxyl groups excluding tert-OH is 1. The van der Waals surface area contributed by atoms with Gasteiger partial charge in [-0.1, -0.05) is 97.1 Å². The van der Waals surface area contributed by atoms with Crippen LogP contribution in [0.5, 0.6) is 0 Å². The van der Waals surface area contributed by atoms with Crippen LogP contribution in [0.3, 0.4) is 0 Å². The zero-order valence-corrected chi connectivity index (χ0v) is 29.6. The van der Waals surface area contributed by atoms with Gasteiger partial charge in [0.25, 0.3) is 0 Å². The second kappa shape index (κ2) is 26.8. The van der Waals surface area contributed by atoms with E-state index in [1.54, 1.807) is 0 Å². The topological polar surface area (TPSA) is 94.1 Å². The maximum atomic E-state index is 10.4. The van der Waals surface area contributed by atoms with Crippen molar-refractivity contribution in [3.63, 3.8) is 0 Å². The molecule has 0 bridgehead atoms. The van der Waals surface area contributed by atoms with E-state index in [-0.39, 0.29) is 25.4 Å². The van der Waals surface area contributed by atoms with Gasteiger partial charge in [0.2, 0.25) is 0 Å². The third-order valence-corrected chi connectivity index (χ3v) is 8.09. The predicted octanol–water partition coefficient (Wildman–Crippen LogP) is 6.86. The molecule has 46 heavy (non-hydrogen) atoms. The molecule has 9 heteroatoms. The zero-order valence-electron chi connectivity index (χ0n) is 29.6. The lowest BCUT2D eigenvalue weighted by molar-refractivity contribution is -0.218. The van der Waals surface area contributed by atoms with Gasteiger partial charge in [0.1, 0.15) is 36.6 Å². The molecule has 1 heterocycles. The fourth-order valence-corrected chi connectivity index (χ4v) is 5.17. The lowest BCUT2D eigenvalue weighted by Crippen LogP contribution is -2.48. The van der Waals surface area contributed by atoms with Crippen LogP contribution < -0.4 is 0 Å². The summed E-state index contributed by atoms with van der Waals surface area (Å²) in [6, 6.07) is 10.1. The summed E-state index contributed by atoms with van der Waals surface area (Å²) < 4.78 is 51.0. The molecular weight excluding hydrogens is 588 g/mol. The largest absolute Gasteiger partial charge is 0.394 e. The first kappa shape index (κ1) is 41.0. The van der Waals surface area contributed by atoms with Gasteiger partial charge in [-0.15, -0.1) is 0 Å². The van der Waals surface area contributed by atoms with E-state index in [1.165, 1.54) is 0 Å². The molecule has 1 aliphatic rings. The van der Waals surface area contributed by atoms with E-state index < -0.39 is 30.7 Å². The summed E-state index contributed by atoms with van der Waals surface area (Å²) in [6.45, 7) is 14.5. The Kier molecular flexibility index (Phi) is 23.9. The van der Waals surface area contributed by atoms with Crippen molar-refractivity contribution in [2.75, 3.05) is 52.9 Å². The molecule has 2 rings (SSSR count). The predicted molar refractivity (Wildman–Crippen MR) is 181 cm³/mol. The second-order valence-corrected chi connectivity index (χ2v) is 12.2. The van der Waals surface area contributed by atoms with Crippen LogP contribution in [0.15, 0.2) is 30.3 Å². The normalized spacial score (nSPS) is 21.9. The average molecular weight is 655 g/mol. The van der Waals surface area contributed by atoms with Gasteiger partial charge in [0, 0.05) is 33.0 Å². The summed E-state index contributed by atoms with van der Waals surface area (Å²) in [6.07, 6.45) is 6.40. The van der Waals surface area contributed by atoms with Crippen LogP contribution in [0, 0.1) is 0 Å². The highest BCUT2D eigenvalue weighted by Gasteiger charge is 2.48. The first-order valence-corrected chi connectivity index (χ1v) is 18.2. The lowest BCUT2D eigenvalue weighted by atomic mass is 10.1. The second-order valence-electron chi connectivity index (χ2n) is 12.2. The van der Waals surface area contributed by atoms with Gasteiger partial charge in [-0.05, 0) is 37.7 Å². The van der Waals surface area contributed by atoms with Crippen molar-refractivity contribution in [1.82, 2.24) is 0 Å². The Morgan fingerprint density at radius 1 is 0.652 bits per heavy atom. The van der Waals surface area contributed by atoms with E-state index in [2.05, 4.69) is 46.8 Å². The van der Waals surface area contributed by atoms with Gasteiger partial charge in [0.05, 0.1) is 26.4 Å². The number of rotatable bonds is 30. The molecule has 268 valence electrons. The third kappa shape index (κ3) is 15.8. The molecule has 1 N–H and O–H groups in total. The molecule has 0 amide bonds. The van der Waals surface area contributed by atoms with Gasteiger partial charge in [-0.2, -0.15) is 0 Å². The van der Waals surface area contributed by atoms with Gasteiger partial charge in [0.15, 0.2) is 6.29 Å². The quantitative estimate of drug-likeness (QED) is 0.0893. The molecule has 1 fully saturated rings. The third-order valence-electron chi connectivity index (χ3n) is 8.09. The van der Waals surface area contributed by atoms with Crippen molar-refractivity contribution >= 4 is 0 Å². The summed E-state index contributed by atoms with van der Waals surface area (Å²) >= 11 is 0. The minimum absolute atomic E-state index is 0.163. The molecule has 0 spiro atoms. The Bertz CT molecular complexity index is 813. The Labute approximate surface area is 279 Å². The highest BCUT2D eigenvalue weighted by molar-refractivity contribution is 5.13. The molecule has 0 aliphatic carbocycles. The first-order valence-electron chi connectivity index (χ1n) is 18.2. The molecule has 0 saturated carbocycles. The number of aliphatic hydroxyl groups is 1. The minimum atomic E-state index is -0.681. The zero-order chi connectivity index (χ0) is 33.2. The molecule has 0 aromatic heterocycles. The van der Waals surface area contributed by atoms with Gasteiger partial charge >= 0.3 is 0 Å². The van der Waals surface area contributed by atoms with E-state index in [0.717, 1.165) is 69.8 Å². The highest BCUT2D eigenvalue weighted by Crippen LogP contribution is 2.30. The standard InChI is InChI=1S/C37H66O9/c1-6-11-21-39-28-33-35(44-27-30-19-17-16-18-20-30)36(43-25-15-10-5)37(46-33)45-29-32(41-23-13-8-3)34(42-24-14-9-4)31(26-38)40-22-12-7-2/h16-20,31-38H,6-15,21-29H2,1-5H3/t31?,32?,33-,34?,35?,36+,37-/m1/s1. The van der Waals surface area contributed by atoms with Gasteiger partial charge in [-0.3, -0.25) is 0 Å². The van der Waals surface area contributed by atoms with Crippen LogP contribution in [0.4, 0.5) is 0 Å². The van der Waals surface area contributed by atoms with Crippen molar-refractivity contribution in [2.45, 2.75) is 148 Å². The van der Waals surface area contributed by atoms with E-state index in [1.807, 2.05) is 18.2 Å². The van der Waals surface area contributed by atoms with E-state index >= 15 is 0 Å². The van der Waals surface area contributed by atoms with Crippen LogP contribution in [0.25, 0.3) is 0 Å². The summed E-state index contributed by atoms with van der Waals surface area (Å²) in [5.74, 6) is 0. The monoisotopic (exact) mass is 654 g/mol. The summed E-state index contributed by atoms with van der Waals surface area (Å²) in [5, 5.41) is 10.4. The fraction of sp³-hybridized carbons (Fsp3) is 0.838. The van der Waals surface area contributed by atoms with Crippen LogP contribution in [-0.2, 0) is 44.5 Å². The van der Waals surface area contributed by atoms with Crippen molar-refractivity contribution in [1.29, 1.82) is 0 Å². The summed E-state index contributed by atoms with van der Waals surface area (Å²) in [4.78, 5) is 0. The van der Waals surface area contributed by atoms with E-state index in [4.69, 9.17) is 37.9 Å². The van der Waals surface area contributed by atoms with Gasteiger partial charge < -0.3 is 43.0 Å². The lowest BCUT2D eigenvalue weighted by Gasteiger charge is -2.34. The molecule has 1 aromatic rings. The Morgan fingerprint density at radius 2 is 1.24 bits per heavy atom. The van der Waals surface area contributed by atoms with Crippen LogP contribution >= 0.6 is 0 Å². The Morgan fingerprint density at radius 3 is 1.87 bits per heavy atom. The maximum absolute atomic E-state index is 10.4. The van der Waals surface area contributed by atoms with Crippen molar-refractivity contribution in [3.05, 3.63) is 35.9 Å². The highest BCUT2D eigenvalue weighted by atomic mass is 16.7. The molecule has 0 radical (unpaired) electrons. The Hall–Kier alpha value is -1.14. The smallest absolute Gasteiger partial charge is 0.187 e. The first-order chi connectivity index (χ1) is 22.6. The van der Waals surface area contributed by atoms with Crippen LogP contribution in [0.2, 0.25) is 0 Å². The van der Waals surface area contributed by atoms with Crippen LogP contribution in [0.1, 0.15) is 104 Å². The molecule has 1 saturated heterocycles. The summed E-state index contributed by atoms with van der Waals surface area (Å²) in [5.41, 5.74) is 1.08. The minimum Gasteiger partial charge on any atom is -0.394 e.